The molecule has 0 spiro atoms. The maximum Gasteiger partial charge on any atom is 0.322 e. The van der Waals surface area contributed by atoms with Crippen LogP contribution in [-0.4, -0.2) is 32.4 Å². The van der Waals surface area contributed by atoms with E-state index < -0.39 is 0 Å². The molecule has 26 heavy (non-hydrogen) atoms. The van der Waals surface area contributed by atoms with Crippen LogP contribution >= 0.6 is 0 Å². The highest BCUT2D eigenvalue weighted by Gasteiger charge is 2.34. The number of hydrogen-bond donors (Lipinski definition) is 2. The fraction of sp³-hybridized carbons (Fsp3) is 0.250. The maximum absolute atomic E-state index is 13.1. The number of amides is 2. The van der Waals surface area contributed by atoms with Crippen molar-refractivity contribution in [3.05, 3.63) is 77.1 Å². The highest BCUT2D eigenvalue weighted by atomic mass is 16.2. The minimum atomic E-state index is -0.224. The molecule has 0 saturated carbocycles. The second-order valence-electron chi connectivity index (χ2n) is 6.57. The minimum Gasteiger partial charge on any atom is -0.348 e. The number of aromatic nitrogens is 3. The van der Waals surface area contributed by atoms with Crippen LogP contribution < -0.4 is 5.32 Å². The zero-order valence-electron chi connectivity index (χ0n) is 14.9. The molecule has 3 heterocycles. The smallest absolute Gasteiger partial charge is 0.322 e. The minimum absolute atomic E-state index is 0.117. The predicted molar refractivity (Wildman–Crippen MR) is 100 cm³/mol. The standard InChI is InChI=1S/C20H21N5O/c1-13-4-3-5-16(14(13)2)24-20(26)25-11-8-17-18(23-12-22-17)19(25)15-6-9-21-10-7-15/h3-7,9-10,12,19H,8,11H2,1-2H3,(H,22,23)(H,24,26)/t19-/m1/s1. The van der Waals surface area contributed by atoms with Crippen molar-refractivity contribution in [2.24, 2.45) is 0 Å². The van der Waals surface area contributed by atoms with Crippen LogP contribution in [0.2, 0.25) is 0 Å². The molecule has 6 heteroatoms. The third-order valence-corrected chi connectivity index (χ3v) is 5.05. The highest BCUT2D eigenvalue weighted by molar-refractivity contribution is 5.91. The Balaban J connectivity index is 1.68. The van der Waals surface area contributed by atoms with E-state index in [-0.39, 0.29) is 12.1 Å². The summed E-state index contributed by atoms with van der Waals surface area (Å²) in [6.45, 7) is 4.69. The number of nitrogens with one attached hydrogen (secondary N) is 2. The molecule has 1 aliphatic rings. The average molecular weight is 347 g/mol. The van der Waals surface area contributed by atoms with Gasteiger partial charge in [-0.25, -0.2) is 9.78 Å². The van der Waals surface area contributed by atoms with E-state index in [0.29, 0.717) is 6.54 Å². The summed E-state index contributed by atoms with van der Waals surface area (Å²) in [5.74, 6) is 0. The number of anilines is 1. The van der Waals surface area contributed by atoms with Gasteiger partial charge in [0.25, 0.3) is 0 Å². The van der Waals surface area contributed by atoms with Gasteiger partial charge in [0.15, 0.2) is 0 Å². The molecule has 2 amide bonds. The first kappa shape index (κ1) is 16.3. The summed E-state index contributed by atoms with van der Waals surface area (Å²) in [4.78, 5) is 26.7. The molecule has 2 N–H and O–H groups in total. The van der Waals surface area contributed by atoms with Gasteiger partial charge in [0, 0.05) is 36.7 Å². The Morgan fingerprint density at radius 1 is 1.23 bits per heavy atom. The largest absolute Gasteiger partial charge is 0.348 e. The predicted octanol–water partition coefficient (Wildman–Crippen LogP) is 3.60. The van der Waals surface area contributed by atoms with E-state index in [1.54, 1.807) is 18.7 Å². The molecular formula is C20H21N5O. The average Bonchev–Trinajstić information content (AvgIpc) is 3.14. The number of H-pyrrole nitrogens is 1. The molecule has 2 aromatic heterocycles. The van der Waals surface area contributed by atoms with E-state index in [4.69, 9.17) is 0 Å². The molecule has 6 nitrogen and oxygen atoms in total. The Kier molecular flexibility index (Phi) is 4.16. The first-order valence-electron chi connectivity index (χ1n) is 8.71. The van der Waals surface area contributed by atoms with Crippen LogP contribution in [-0.2, 0) is 6.42 Å². The van der Waals surface area contributed by atoms with Crippen molar-refractivity contribution in [2.75, 3.05) is 11.9 Å². The first-order chi connectivity index (χ1) is 12.6. The number of carbonyl (C=O) groups is 1. The van der Waals surface area contributed by atoms with E-state index in [1.165, 1.54) is 0 Å². The maximum atomic E-state index is 13.1. The number of imidazole rings is 1. The molecule has 0 unspecified atom stereocenters. The van der Waals surface area contributed by atoms with Crippen molar-refractivity contribution in [1.82, 2.24) is 19.9 Å². The summed E-state index contributed by atoms with van der Waals surface area (Å²) in [6, 6.07) is 9.47. The molecule has 1 aromatic carbocycles. The normalized spacial score (nSPS) is 16.2. The molecule has 4 rings (SSSR count). The molecule has 0 radical (unpaired) electrons. The molecule has 3 aromatic rings. The highest BCUT2D eigenvalue weighted by Crippen LogP contribution is 2.33. The number of fused-ring (bicyclic) bond motifs is 1. The topological polar surface area (TPSA) is 73.9 Å². The van der Waals surface area contributed by atoms with Crippen molar-refractivity contribution in [1.29, 1.82) is 0 Å². The van der Waals surface area contributed by atoms with Gasteiger partial charge in [-0.3, -0.25) is 4.98 Å². The van der Waals surface area contributed by atoms with Crippen LogP contribution in [0.3, 0.4) is 0 Å². The van der Waals surface area contributed by atoms with Gasteiger partial charge in [-0.15, -0.1) is 0 Å². The fourth-order valence-corrected chi connectivity index (χ4v) is 3.45. The van der Waals surface area contributed by atoms with Gasteiger partial charge >= 0.3 is 6.03 Å². The van der Waals surface area contributed by atoms with Gasteiger partial charge in [0.1, 0.15) is 6.04 Å². The van der Waals surface area contributed by atoms with E-state index in [9.17, 15) is 4.79 Å². The Bertz CT molecular complexity index is 934. The van der Waals surface area contributed by atoms with Gasteiger partial charge in [-0.1, -0.05) is 12.1 Å². The van der Waals surface area contributed by atoms with Gasteiger partial charge < -0.3 is 15.2 Å². The Hall–Kier alpha value is -3.15. The van der Waals surface area contributed by atoms with Gasteiger partial charge in [0.05, 0.1) is 12.0 Å². The molecule has 1 atom stereocenters. The van der Waals surface area contributed by atoms with Crippen LogP contribution in [0.15, 0.2) is 49.1 Å². The van der Waals surface area contributed by atoms with Crippen molar-refractivity contribution in [3.8, 4) is 0 Å². The van der Waals surface area contributed by atoms with Crippen molar-refractivity contribution in [2.45, 2.75) is 26.3 Å². The molecule has 0 saturated heterocycles. The summed E-state index contributed by atoms with van der Waals surface area (Å²) in [5.41, 5.74) is 6.07. The summed E-state index contributed by atoms with van der Waals surface area (Å²) in [5, 5.41) is 3.08. The van der Waals surface area contributed by atoms with E-state index in [0.717, 1.165) is 40.2 Å². The van der Waals surface area contributed by atoms with Crippen LogP contribution in [0.4, 0.5) is 10.5 Å². The number of aryl methyl sites for hydroxylation is 1. The lowest BCUT2D eigenvalue weighted by atomic mass is 9.97. The monoisotopic (exact) mass is 347 g/mol. The van der Waals surface area contributed by atoms with Crippen molar-refractivity contribution in [3.63, 3.8) is 0 Å². The molecule has 132 valence electrons. The fourth-order valence-electron chi connectivity index (χ4n) is 3.45. The van der Waals surface area contributed by atoms with Crippen LogP contribution in [0.25, 0.3) is 0 Å². The second kappa shape index (κ2) is 6.63. The SMILES string of the molecule is Cc1cccc(NC(=O)N2CCc3[nH]cnc3[C@H]2c2ccncc2)c1C. The van der Waals surface area contributed by atoms with E-state index in [2.05, 4.69) is 20.3 Å². The summed E-state index contributed by atoms with van der Waals surface area (Å²) in [7, 11) is 0. The van der Waals surface area contributed by atoms with E-state index >= 15 is 0 Å². The number of urea groups is 1. The first-order valence-corrected chi connectivity index (χ1v) is 8.71. The van der Waals surface area contributed by atoms with Crippen LogP contribution in [0.5, 0.6) is 0 Å². The lowest BCUT2D eigenvalue weighted by Crippen LogP contribution is -2.43. The van der Waals surface area contributed by atoms with Gasteiger partial charge in [-0.2, -0.15) is 0 Å². The number of nitrogens with zero attached hydrogens (tertiary/aromatic N) is 3. The number of pyridine rings is 1. The third kappa shape index (κ3) is 2.83. The Labute approximate surface area is 152 Å². The quantitative estimate of drug-likeness (QED) is 0.744. The van der Waals surface area contributed by atoms with Crippen LogP contribution in [0, 0.1) is 13.8 Å². The number of benzene rings is 1. The molecule has 0 fully saturated rings. The lowest BCUT2D eigenvalue weighted by molar-refractivity contribution is 0.192. The summed E-state index contributed by atoms with van der Waals surface area (Å²) < 4.78 is 0. The molecule has 0 aliphatic carbocycles. The van der Waals surface area contributed by atoms with Gasteiger partial charge in [-0.05, 0) is 48.7 Å². The molecule has 1 aliphatic heterocycles. The molecular weight excluding hydrogens is 326 g/mol. The number of hydrogen-bond acceptors (Lipinski definition) is 3. The molecule has 0 bridgehead atoms. The Morgan fingerprint density at radius 3 is 2.85 bits per heavy atom. The van der Waals surface area contributed by atoms with Gasteiger partial charge in [0.2, 0.25) is 0 Å². The van der Waals surface area contributed by atoms with Crippen molar-refractivity contribution >= 4 is 11.7 Å². The number of aromatic amines is 1. The Morgan fingerprint density at radius 2 is 2.04 bits per heavy atom. The third-order valence-electron chi connectivity index (χ3n) is 5.05. The van der Waals surface area contributed by atoms with Crippen LogP contribution in [0.1, 0.15) is 34.1 Å². The van der Waals surface area contributed by atoms with Crippen molar-refractivity contribution < 1.29 is 4.79 Å². The second-order valence-corrected chi connectivity index (χ2v) is 6.57. The number of rotatable bonds is 2. The lowest BCUT2D eigenvalue weighted by Gasteiger charge is -2.35. The summed E-state index contributed by atoms with van der Waals surface area (Å²) in [6.07, 6.45) is 5.95. The zero-order chi connectivity index (χ0) is 18.1. The number of carbonyl (C=O) groups excluding carboxylic acids is 1. The zero-order valence-corrected chi connectivity index (χ0v) is 14.9. The summed E-state index contributed by atoms with van der Waals surface area (Å²) >= 11 is 0. The van der Waals surface area contributed by atoms with E-state index in [1.807, 2.05) is 49.1 Å².